The monoisotopic (exact) mass is 414 g/mol. The summed E-state index contributed by atoms with van der Waals surface area (Å²) in [5.41, 5.74) is 2.29. The molecule has 0 saturated heterocycles. The molecule has 0 saturated carbocycles. The fourth-order valence-electron chi connectivity index (χ4n) is 3.03. The second-order valence-corrected chi connectivity index (χ2v) is 6.69. The van der Waals surface area contributed by atoms with Gasteiger partial charge in [-0.1, -0.05) is 23.7 Å². The smallest absolute Gasteiger partial charge is 0.305 e. The first kappa shape index (κ1) is 19.0. The van der Waals surface area contributed by atoms with Gasteiger partial charge < -0.3 is 9.84 Å². The number of aromatic nitrogens is 6. The van der Waals surface area contributed by atoms with Gasteiger partial charge in [-0.05, 0) is 17.7 Å². The molecule has 0 bridgehead atoms. The Morgan fingerprint density at radius 1 is 1.21 bits per heavy atom. The van der Waals surface area contributed by atoms with Crippen molar-refractivity contribution in [2.24, 2.45) is 0 Å². The van der Waals surface area contributed by atoms with Crippen LogP contribution in [0.15, 0.2) is 35.4 Å². The molecule has 10 nitrogen and oxygen atoms in total. The molecule has 3 aromatic heterocycles. The summed E-state index contributed by atoms with van der Waals surface area (Å²) < 4.78 is 7.90. The third-order valence-electron chi connectivity index (χ3n) is 4.35. The first-order valence-corrected chi connectivity index (χ1v) is 8.97. The van der Waals surface area contributed by atoms with Crippen LogP contribution < -0.4 is 5.56 Å². The normalized spacial score (nSPS) is 11.4. The Labute approximate surface area is 168 Å². The summed E-state index contributed by atoms with van der Waals surface area (Å²) in [7, 11) is 1.55. The standard InChI is InChI=1S/C18H15ClN6O4/c1-29-8-12-14(10-2-4-11(19)5-3-10)16-22-21-15-17(25(16)23-12)20-9-24(18(15)28)7-6-13(26)27/h2-5,9H,6-8H2,1H3,(H,26,27). The van der Waals surface area contributed by atoms with Crippen LogP contribution >= 0.6 is 11.6 Å². The lowest BCUT2D eigenvalue weighted by Gasteiger charge is -2.05. The third-order valence-corrected chi connectivity index (χ3v) is 4.61. The number of ether oxygens (including phenoxy) is 1. The average molecular weight is 415 g/mol. The zero-order valence-electron chi connectivity index (χ0n) is 15.2. The number of fused-ring (bicyclic) bond motifs is 3. The number of hydrogen-bond donors (Lipinski definition) is 1. The Bertz CT molecular complexity index is 1280. The SMILES string of the molecule is COCc1nn2c(nnc3c(=O)n(CCC(=O)O)cnc32)c1-c1ccc(Cl)cc1. The number of rotatable bonds is 6. The highest BCUT2D eigenvalue weighted by Gasteiger charge is 2.20. The topological polar surface area (TPSA) is 124 Å². The molecule has 1 aromatic carbocycles. The zero-order chi connectivity index (χ0) is 20.5. The number of carboxylic acids is 1. The van der Waals surface area contributed by atoms with Crippen LogP contribution in [0.4, 0.5) is 0 Å². The number of halogens is 1. The van der Waals surface area contributed by atoms with Crippen molar-refractivity contribution in [3.63, 3.8) is 0 Å². The summed E-state index contributed by atoms with van der Waals surface area (Å²) in [4.78, 5) is 27.7. The number of methoxy groups -OCH3 is 1. The number of aryl methyl sites for hydroxylation is 1. The van der Waals surface area contributed by atoms with Crippen LogP contribution in [-0.2, 0) is 22.7 Å². The fourth-order valence-corrected chi connectivity index (χ4v) is 3.15. The lowest BCUT2D eigenvalue weighted by Crippen LogP contribution is -2.24. The largest absolute Gasteiger partial charge is 0.481 e. The van der Waals surface area contributed by atoms with Gasteiger partial charge in [0.25, 0.3) is 5.56 Å². The number of hydrogen-bond acceptors (Lipinski definition) is 7. The molecule has 29 heavy (non-hydrogen) atoms. The molecule has 0 aliphatic rings. The summed E-state index contributed by atoms with van der Waals surface area (Å²) in [6.07, 6.45) is 1.08. The molecule has 4 rings (SSSR count). The van der Waals surface area contributed by atoms with Gasteiger partial charge in [-0.3, -0.25) is 14.2 Å². The van der Waals surface area contributed by atoms with Crippen molar-refractivity contribution >= 4 is 34.4 Å². The molecule has 11 heteroatoms. The first-order valence-electron chi connectivity index (χ1n) is 8.59. The first-order chi connectivity index (χ1) is 14.0. The van der Waals surface area contributed by atoms with E-state index < -0.39 is 11.5 Å². The van der Waals surface area contributed by atoms with Crippen molar-refractivity contribution in [1.82, 2.24) is 29.4 Å². The molecule has 4 aromatic rings. The lowest BCUT2D eigenvalue weighted by atomic mass is 10.1. The highest BCUT2D eigenvalue weighted by molar-refractivity contribution is 6.30. The van der Waals surface area contributed by atoms with E-state index in [1.807, 2.05) is 12.1 Å². The summed E-state index contributed by atoms with van der Waals surface area (Å²) >= 11 is 5.99. The van der Waals surface area contributed by atoms with E-state index in [0.717, 1.165) is 5.56 Å². The van der Waals surface area contributed by atoms with Gasteiger partial charge in [-0.15, -0.1) is 10.2 Å². The third kappa shape index (κ3) is 3.43. The van der Waals surface area contributed by atoms with Gasteiger partial charge in [0.2, 0.25) is 0 Å². The van der Waals surface area contributed by atoms with Gasteiger partial charge in [0.05, 0.1) is 24.3 Å². The highest BCUT2D eigenvalue weighted by Crippen LogP contribution is 2.29. The Kier molecular flexibility index (Phi) is 4.95. The van der Waals surface area contributed by atoms with Crippen LogP contribution in [0.1, 0.15) is 12.1 Å². The summed E-state index contributed by atoms with van der Waals surface area (Å²) in [6.45, 7) is 0.208. The maximum atomic E-state index is 12.7. The van der Waals surface area contributed by atoms with E-state index in [0.29, 0.717) is 21.9 Å². The fraction of sp³-hybridized carbons (Fsp3) is 0.222. The molecule has 0 unspecified atom stereocenters. The molecule has 0 amide bonds. The van der Waals surface area contributed by atoms with Crippen molar-refractivity contribution in [3.8, 4) is 11.1 Å². The molecule has 0 spiro atoms. The van der Waals surface area contributed by atoms with E-state index in [9.17, 15) is 9.59 Å². The minimum absolute atomic E-state index is 0.000452. The summed E-state index contributed by atoms with van der Waals surface area (Å²) in [5, 5.41) is 22.2. The lowest BCUT2D eigenvalue weighted by molar-refractivity contribution is -0.137. The summed E-state index contributed by atoms with van der Waals surface area (Å²) in [5.74, 6) is -1.01. The molecular formula is C18H15ClN6O4. The van der Waals surface area contributed by atoms with Gasteiger partial charge in [0, 0.05) is 18.7 Å². The molecule has 0 aliphatic carbocycles. The van der Waals surface area contributed by atoms with Gasteiger partial charge >= 0.3 is 5.97 Å². The van der Waals surface area contributed by atoms with Crippen LogP contribution in [0.5, 0.6) is 0 Å². The number of benzene rings is 1. The number of carboxylic acid groups (broad SMARTS) is 1. The average Bonchev–Trinajstić information content (AvgIpc) is 3.07. The van der Waals surface area contributed by atoms with Crippen LogP contribution in [0.3, 0.4) is 0 Å². The highest BCUT2D eigenvalue weighted by atomic mass is 35.5. The van der Waals surface area contributed by atoms with E-state index in [1.165, 1.54) is 15.4 Å². The van der Waals surface area contributed by atoms with Gasteiger partial charge in [0.1, 0.15) is 6.33 Å². The predicted octanol–water partition coefficient (Wildman–Crippen LogP) is 1.78. The van der Waals surface area contributed by atoms with Crippen LogP contribution in [0.25, 0.3) is 27.9 Å². The van der Waals surface area contributed by atoms with Gasteiger partial charge in [0.15, 0.2) is 16.8 Å². The van der Waals surface area contributed by atoms with Crippen LogP contribution in [0.2, 0.25) is 5.02 Å². The molecule has 0 radical (unpaired) electrons. The number of carbonyl (C=O) groups is 1. The van der Waals surface area contributed by atoms with Crippen molar-refractivity contribution in [2.45, 2.75) is 19.6 Å². The quantitative estimate of drug-likeness (QED) is 0.506. The Hall–Kier alpha value is -3.37. The van der Waals surface area contributed by atoms with Gasteiger partial charge in [-0.25, -0.2) is 4.98 Å². The molecule has 0 fully saturated rings. The Morgan fingerprint density at radius 3 is 2.66 bits per heavy atom. The van der Waals surface area contributed by atoms with Crippen molar-refractivity contribution in [3.05, 3.63) is 51.7 Å². The minimum Gasteiger partial charge on any atom is -0.481 e. The van der Waals surface area contributed by atoms with Crippen LogP contribution in [0, 0.1) is 0 Å². The van der Waals surface area contributed by atoms with Crippen molar-refractivity contribution in [2.75, 3.05) is 7.11 Å². The second kappa shape index (κ2) is 7.57. The predicted molar refractivity (Wildman–Crippen MR) is 104 cm³/mol. The zero-order valence-corrected chi connectivity index (χ0v) is 16.0. The molecule has 0 atom stereocenters. The molecule has 1 N–H and O–H groups in total. The number of aliphatic carboxylic acids is 1. The minimum atomic E-state index is -1.01. The summed E-state index contributed by atoms with van der Waals surface area (Å²) in [6, 6.07) is 7.18. The maximum absolute atomic E-state index is 12.7. The van der Waals surface area contributed by atoms with Crippen LogP contribution in [-0.4, -0.2) is 47.5 Å². The maximum Gasteiger partial charge on any atom is 0.305 e. The number of nitrogens with zero attached hydrogens (tertiary/aromatic N) is 6. The molecule has 0 aliphatic heterocycles. The van der Waals surface area contributed by atoms with E-state index in [1.54, 1.807) is 19.2 Å². The second-order valence-electron chi connectivity index (χ2n) is 6.26. The molecule has 3 heterocycles. The van der Waals surface area contributed by atoms with E-state index in [4.69, 9.17) is 21.4 Å². The van der Waals surface area contributed by atoms with Gasteiger partial charge in [-0.2, -0.15) is 9.61 Å². The van der Waals surface area contributed by atoms with Crippen molar-refractivity contribution in [1.29, 1.82) is 0 Å². The Balaban J connectivity index is 1.93. The van der Waals surface area contributed by atoms with E-state index >= 15 is 0 Å². The molecule has 148 valence electrons. The van der Waals surface area contributed by atoms with E-state index in [-0.39, 0.29) is 30.7 Å². The Morgan fingerprint density at radius 2 is 1.97 bits per heavy atom. The van der Waals surface area contributed by atoms with Crippen molar-refractivity contribution < 1.29 is 14.6 Å². The van der Waals surface area contributed by atoms with E-state index in [2.05, 4.69) is 20.3 Å². The molecular weight excluding hydrogens is 400 g/mol.